The zero-order chi connectivity index (χ0) is 12.5. The Morgan fingerprint density at radius 2 is 2.39 bits per heavy atom. The van der Waals surface area contributed by atoms with Crippen molar-refractivity contribution in [3.05, 3.63) is 23.8 Å². The van der Waals surface area contributed by atoms with Crippen molar-refractivity contribution in [3.8, 4) is 6.07 Å². The molecule has 1 fully saturated rings. The number of aromatic nitrogens is 3. The fourth-order valence-electron chi connectivity index (χ4n) is 2.59. The van der Waals surface area contributed by atoms with Gasteiger partial charge in [-0.2, -0.15) is 5.26 Å². The summed E-state index contributed by atoms with van der Waals surface area (Å²) in [4.78, 5) is 2.34. The molecule has 1 aliphatic rings. The monoisotopic (exact) mass is 241 g/mol. The van der Waals surface area contributed by atoms with Crippen LogP contribution in [0.2, 0.25) is 0 Å². The topological polar surface area (TPSA) is 57.7 Å². The van der Waals surface area contributed by atoms with Crippen LogP contribution in [-0.4, -0.2) is 40.0 Å². The number of nitrogens with zero attached hydrogens (tertiary/aromatic N) is 5. The first-order chi connectivity index (χ1) is 8.76. The van der Waals surface area contributed by atoms with E-state index in [0.29, 0.717) is 11.5 Å². The molecular weight excluding hydrogens is 226 g/mol. The van der Waals surface area contributed by atoms with Crippen molar-refractivity contribution in [2.75, 3.05) is 20.1 Å². The standard InChI is InChI=1S/C13H15N5/c1-17-5-4-11(8-17)9-18-13-6-10(7-14)2-3-12(13)15-16-18/h2-3,6,11H,4-5,8-9H2,1H3. The summed E-state index contributed by atoms with van der Waals surface area (Å²) in [6.07, 6.45) is 1.20. The molecule has 5 nitrogen and oxygen atoms in total. The summed E-state index contributed by atoms with van der Waals surface area (Å²) >= 11 is 0. The zero-order valence-corrected chi connectivity index (χ0v) is 10.4. The highest BCUT2D eigenvalue weighted by Crippen LogP contribution is 2.19. The van der Waals surface area contributed by atoms with Crippen LogP contribution in [0.3, 0.4) is 0 Å². The summed E-state index contributed by atoms with van der Waals surface area (Å²) < 4.78 is 1.93. The Labute approximate surface area is 106 Å². The van der Waals surface area contributed by atoms with Crippen molar-refractivity contribution < 1.29 is 0 Å². The number of nitriles is 1. The number of rotatable bonds is 2. The van der Waals surface area contributed by atoms with Crippen LogP contribution < -0.4 is 0 Å². The second-order valence-electron chi connectivity index (χ2n) is 5.00. The third kappa shape index (κ3) is 1.95. The molecule has 1 atom stereocenters. The van der Waals surface area contributed by atoms with Gasteiger partial charge in [-0.15, -0.1) is 5.10 Å². The van der Waals surface area contributed by atoms with E-state index in [0.717, 1.165) is 30.7 Å². The van der Waals surface area contributed by atoms with Crippen molar-refractivity contribution in [2.24, 2.45) is 5.92 Å². The third-order valence-corrected chi connectivity index (χ3v) is 3.56. The minimum absolute atomic E-state index is 0.630. The van der Waals surface area contributed by atoms with Gasteiger partial charge in [0.1, 0.15) is 5.52 Å². The van der Waals surface area contributed by atoms with Crippen LogP contribution in [0.1, 0.15) is 12.0 Å². The Kier molecular flexibility index (Phi) is 2.73. The minimum atomic E-state index is 0.630. The van der Waals surface area contributed by atoms with Crippen LogP contribution in [-0.2, 0) is 6.54 Å². The molecule has 1 aromatic carbocycles. The van der Waals surface area contributed by atoms with E-state index < -0.39 is 0 Å². The number of fused-ring (bicyclic) bond motifs is 1. The van der Waals surface area contributed by atoms with Gasteiger partial charge < -0.3 is 4.90 Å². The van der Waals surface area contributed by atoms with Gasteiger partial charge in [0.2, 0.25) is 0 Å². The van der Waals surface area contributed by atoms with Crippen LogP contribution in [0.5, 0.6) is 0 Å². The van der Waals surface area contributed by atoms with Crippen LogP contribution in [0.4, 0.5) is 0 Å². The van der Waals surface area contributed by atoms with Gasteiger partial charge >= 0.3 is 0 Å². The molecule has 18 heavy (non-hydrogen) atoms. The van der Waals surface area contributed by atoms with E-state index in [1.165, 1.54) is 6.42 Å². The lowest BCUT2D eigenvalue weighted by atomic mass is 10.1. The Bertz CT molecular complexity index is 609. The molecule has 0 bridgehead atoms. The normalized spacial score (nSPS) is 20.3. The van der Waals surface area contributed by atoms with Gasteiger partial charge in [-0.1, -0.05) is 5.21 Å². The molecule has 92 valence electrons. The fourth-order valence-corrected chi connectivity index (χ4v) is 2.59. The molecular formula is C13H15N5. The maximum absolute atomic E-state index is 8.94. The summed E-state index contributed by atoms with van der Waals surface area (Å²) in [5, 5.41) is 17.3. The number of hydrogen-bond donors (Lipinski definition) is 0. The SMILES string of the molecule is CN1CCC(Cn2nnc3ccc(C#N)cc32)C1. The fraction of sp³-hybridized carbons (Fsp3) is 0.462. The molecule has 0 spiro atoms. The molecule has 1 aliphatic heterocycles. The summed E-state index contributed by atoms with van der Waals surface area (Å²) in [5.74, 6) is 0.630. The van der Waals surface area contributed by atoms with E-state index in [1.54, 1.807) is 6.07 Å². The van der Waals surface area contributed by atoms with E-state index in [9.17, 15) is 0 Å². The first-order valence-electron chi connectivity index (χ1n) is 6.18. The van der Waals surface area contributed by atoms with E-state index in [1.807, 2.05) is 16.8 Å². The lowest BCUT2D eigenvalue weighted by molar-refractivity contribution is 0.370. The molecule has 0 amide bonds. The molecule has 0 radical (unpaired) electrons. The van der Waals surface area contributed by atoms with Crippen LogP contribution in [0, 0.1) is 17.2 Å². The second kappa shape index (κ2) is 4.39. The maximum atomic E-state index is 8.94. The maximum Gasteiger partial charge on any atom is 0.113 e. The zero-order valence-electron chi connectivity index (χ0n) is 10.4. The van der Waals surface area contributed by atoms with E-state index in [-0.39, 0.29) is 0 Å². The van der Waals surface area contributed by atoms with Gasteiger partial charge in [-0.25, -0.2) is 4.68 Å². The quantitative estimate of drug-likeness (QED) is 0.794. The number of benzene rings is 1. The van der Waals surface area contributed by atoms with E-state index in [4.69, 9.17) is 5.26 Å². The molecule has 1 aromatic heterocycles. The van der Waals surface area contributed by atoms with Crippen molar-refractivity contribution in [1.82, 2.24) is 19.9 Å². The Hall–Kier alpha value is -1.93. The summed E-state index contributed by atoms with van der Waals surface area (Å²) in [6, 6.07) is 7.67. The lowest BCUT2D eigenvalue weighted by Crippen LogP contribution is -2.17. The summed E-state index contributed by atoms with van der Waals surface area (Å²) in [7, 11) is 2.15. The smallest absolute Gasteiger partial charge is 0.113 e. The average molecular weight is 241 g/mol. The van der Waals surface area contributed by atoms with Gasteiger partial charge in [0.05, 0.1) is 17.1 Å². The highest BCUT2D eigenvalue weighted by atomic mass is 15.4. The van der Waals surface area contributed by atoms with Gasteiger partial charge in [0.15, 0.2) is 0 Å². The van der Waals surface area contributed by atoms with Crippen molar-refractivity contribution in [1.29, 1.82) is 5.26 Å². The Morgan fingerprint density at radius 3 is 3.11 bits per heavy atom. The average Bonchev–Trinajstić information content (AvgIpc) is 2.96. The molecule has 1 saturated heterocycles. The molecule has 2 heterocycles. The van der Waals surface area contributed by atoms with Gasteiger partial charge in [0.25, 0.3) is 0 Å². The Morgan fingerprint density at radius 1 is 1.50 bits per heavy atom. The molecule has 3 rings (SSSR count). The highest BCUT2D eigenvalue weighted by molar-refractivity contribution is 5.75. The molecule has 0 N–H and O–H groups in total. The van der Waals surface area contributed by atoms with Gasteiger partial charge in [-0.05, 0) is 44.1 Å². The van der Waals surface area contributed by atoms with Crippen LogP contribution in [0.25, 0.3) is 11.0 Å². The molecule has 1 unspecified atom stereocenters. The third-order valence-electron chi connectivity index (χ3n) is 3.56. The molecule has 0 saturated carbocycles. The van der Waals surface area contributed by atoms with E-state index in [2.05, 4.69) is 28.3 Å². The predicted molar refractivity (Wildman–Crippen MR) is 67.8 cm³/mol. The summed E-state index contributed by atoms with van der Waals surface area (Å²) in [5.41, 5.74) is 2.48. The molecule has 5 heteroatoms. The van der Waals surface area contributed by atoms with Gasteiger partial charge in [0, 0.05) is 13.1 Å². The lowest BCUT2D eigenvalue weighted by Gasteiger charge is -2.10. The highest BCUT2D eigenvalue weighted by Gasteiger charge is 2.21. The van der Waals surface area contributed by atoms with Crippen molar-refractivity contribution in [2.45, 2.75) is 13.0 Å². The summed E-state index contributed by atoms with van der Waals surface area (Å²) in [6.45, 7) is 3.15. The predicted octanol–water partition coefficient (Wildman–Crippen LogP) is 1.25. The second-order valence-corrected chi connectivity index (χ2v) is 5.00. The Balaban J connectivity index is 1.90. The van der Waals surface area contributed by atoms with E-state index >= 15 is 0 Å². The van der Waals surface area contributed by atoms with Crippen molar-refractivity contribution >= 4 is 11.0 Å². The minimum Gasteiger partial charge on any atom is -0.306 e. The molecule has 2 aromatic rings. The molecule has 0 aliphatic carbocycles. The number of likely N-dealkylation sites (tertiary alicyclic amines) is 1. The number of hydrogen-bond acceptors (Lipinski definition) is 4. The largest absolute Gasteiger partial charge is 0.306 e. The van der Waals surface area contributed by atoms with Crippen LogP contribution >= 0.6 is 0 Å². The van der Waals surface area contributed by atoms with Gasteiger partial charge in [-0.3, -0.25) is 0 Å². The van der Waals surface area contributed by atoms with Crippen LogP contribution in [0.15, 0.2) is 18.2 Å². The first-order valence-corrected chi connectivity index (χ1v) is 6.18. The van der Waals surface area contributed by atoms with Crippen molar-refractivity contribution in [3.63, 3.8) is 0 Å². The first kappa shape index (κ1) is 11.2.